The fraction of sp³-hybridized carbons (Fsp3) is 0.500. The molecule has 6 nitrogen and oxygen atoms in total. The number of guanidine groups is 1. The van der Waals surface area contributed by atoms with Crippen molar-refractivity contribution in [1.29, 1.82) is 0 Å². The maximum atomic E-state index is 6.13. The maximum Gasteiger partial charge on any atom is 0.192 e. The van der Waals surface area contributed by atoms with E-state index in [2.05, 4.69) is 53.9 Å². The SMILES string of the molecule is CCNC(=NCc1csc(N(C)C)n1)NC1CC(C)(C)Oc2ccccc21. The van der Waals surface area contributed by atoms with E-state index in [1.807, 2.05) is 31.1 Å². The van der Waals surface area contributed by atoms with E-state index in [1.165, 1.54) is 5.56 Å². The van der Waals surface area contributed by atoms with Crippen molar-refractivity contribution in [2.45, 2.75) is 45.4 Å². The van der Waals surface area contributed by atoms with Crippen molar-refractivity contribution in [2.24, 2.45) is 4.99 Å². The van der Waals surface area contributed by atoms with Crippen LogP contribution in [0.25, 0.3) is 0 Å². The summed E-state index contributed by atoms with van der Waals surface area (Å²) in [4.78, 5) is 11.4. The Balaban J connectivity index is 1.77. The summed E-state index contributed by atoms with van der Waals surface area (Å²) >= 11 is 1.64. The predicted octanol–water partition coefficient (Wildman–Crippen LogP) is 3.57. The number of rotatable bonds is 5. The lowest BCUT2D eigenvalue weighted by Crippen LogP contribution is -2.45. The molecular formula is C20H29N5OS. The Morgan fingerprint density at radius 1 is 1.37 bits per heavy atom. The fourth-order valence-electron chi connectivity index (χ4n) is 3.15. The zero-order valence-corrected chi connectivity index (χ0v) is 17.6. The number of nitrogens with zero attached hydrogens (tertiary/aromatic N) is 3. The molecule has 0 fully saturated rings. The zero-order chi connectivity index (χ0) is 19.4. The van der Waals surface area contributed by atoms with Crippen LogP contribution in [0.5, 0.6) is 5.75 Å². The third kappa shape index (κ3) is 4.91. The van der Waals surface area contributed by atoms with Gasteiger partial charge in [0, 0.05) is 38.0 Å². The molecule has 0 spiro atoms. The van der Waals surface area contributed by atoms with Gasteiger partial charge in [-0.1, -0.05) is 18.2 Å². The summed E-state index contributed by atoms with van der Waals surface area (Å²) in [5.41, 5.74) is 1.93. The van der Waals surface area contributed by atoms with E-state index in [9.17, 15) is 0 Å². The highest BCUT2D eigenvalue weighted by Crippen LogP contribution is 2.39. The minimum absolute atomic E-state index is 0.149. The monoisotopic (exact) mass is 387 g/mol. The molecule has 0 bridgehead atoms. The lowest BCUT2D eigenvalue weighted by atomic mass is 9.90. The molecule has 1 unspecified atom stereocenters. The molecule has 3 rings (SSSR count). The Bertz CT molecular complexity index is 799. The number of anilines is 1. The largest absolute Gasteiger partial charge is 0.487 e. The Kier molecular flexibility index (Phi) is 5.89. The van der Waals surface area contributed by atoms with Crippen LogP contribution in [0.15, 0.2) is 34.6 Å². The van der Waals surface area contributed by atoms with Gasteiger partial charge in [0.05, 0.1) is 18.3 Å². The highest BCUT2D eigenvalue weighted by atomic mass is 32.1. The van der Waals surface area contributed by atoms with Crippen LogP contribution in [0.2, 0.25) is 0 Å². The number of ether oxygens (including phenoxy) is 1. The smallest absolute Gasteiger partial charge is 0.192 e. The molecule has 2 aromatic rings. The first-order valence-corrected chi connectivity index (χ1v) is 10.2. The average Bonchev–Trinajstić information content (AvgIpc) is 3.08. The van der Waals surface area contributed by atoms with Gasteiger partial charge < -0.3 is 20.3 Å². The summed E-state index contributed by atoms with van der Waals surface area (Å²) in [7, 11) is 4.00. The first-order valence-electron chi connectivity index (χ1n) is 9.32. The summed E-state index contributed by atoms with van der Waals surface area (Å²) < 4.78 is 6.13. The Labute approximate surface area is 165 Å². The van der Waals surface area contributed by atoms with Gasteiger partial charge in [-0.25, -0.2) is 9.98 Å². The van der Waals surface area contributed by atoms with Crippen LogP contribution in [0, 0.1) is 0 Å². The van der Waals surface area contributed by atoms with Gasteiger partial charge in [-0.05, 0) is 26.8 Å². The van der Waals surface area contributed by atoms with Gasteiger partial charge in [0.15, 0.2) is 11.1 Å². The van der Waals surface area contributed by atoms with E-state index in [0.717, 1.165) is 35.5 Å². The lowest BCUT2D eigenvalue weighted by molar-refractivity contribution is 0.0694. The van der Waals surface area contributed by atoms with Crippen molar-refractivity contribution in [2.75, 3.05) is 25.5 Å². The van der Waals surface area contributed by atoms with Gasteiger partial charge in [0.25, 0.3) is 0 Å². The molecule has 0 radical (unpaired) electrons. The van der Waals surface area contributed by atoms with Gasteiger partial charge in [0.1, 0.15) is 11.4 Å². The Morgan fingerprint density at radius 2 is 2.15 bits per heavy atom. The van der Waals surface area contributed by atoms with Crippen molar-refractivity contribution in [1.82, 2.24) is 15.6 Å². The summed E-state index contributed by atoms with van der Waals surface area (Å²) in [5, 5.41) is 10.0. The second kappa shape index (κ2) is 8.17. The molecule has 0 saturated heterocycles. The third-order valence-electron chi connectivity index (χ3n) is 4.35. The summed E-state index contributed by atoms with van der Waals surface area (Å²) in [5.74, 6) is 1.74. The number of aliphatic imine (C=N–C) groups is 1. The number of fused-ring (bicyclic) bond motifs is 1. The standard InChI is InChI=1S/C20H29N5OS/c1-6-21-18(22-12-14-13-27-19(23-14)25(4)5)24-16-11-20(2,3)26-17-10-8-7-9-15(16)17/h7-10,13,16H,6,11-12H2,1-5H3,(H2,21,22,24). The molecule has 0 amide bonds. The number of aromatic nitrogens is 1. The fourth-order valence-corrected chi connectivity index (χ4v) is 3.90. The molecule has 0 saturated carbocycles. The molecule has 2 heterocycles. The third-order valence-corrected chi connectivity index (χ3v) is 5.41. The van der Waals surface area contributed by atoms with Crippen molar-refractivity contribution < 1.29 is 4.74 Å². The molecule has 1 atom stereocenters. The van der Waals surface area contributed by atoms with E-state index in [4.69, 9.17) is 9.73 Å². The van der Waals surface area contributed by atoms with Crippen LogP contribution in [0.3, 0.4) is 0 Å². The maximum absolute atomic E-state index is 6.13. The first kappa shape index (κ1) is 19.5. The molecule has 1 aliphatic rings. The predicted molar refractivity (Wildman–Crippen MR) is 113 cm³/mol. The van der Waals surface area contributed by atoms with Gasteiger partial charge >= 0.3 is 0 Å². The van der Waals surface area contributed by atoms with E-state index in [1.54, 1.807) is 11.3 Å². The number of nitrogens with one attached hydrogen (secondary N) is 2. The minimum atomic E-state index is -0.223. The van der Waals surface area contributed by atoms with Crippen LogP contribution in [0.4, 0.5) is 5.13 Å². The Morgan fingerprint density at radius 3 is 2.85 bits per heavy atom. The lowest BCUT2D eigenvalue weighted by Gasteiger charge is -2.38. The highest BCUT2D eigenvalue weighted by molar-refractivity contribution is 7.13. The van der Waals surface area contributed by atoms with Gasteiger partial charge in [-0.2, -0.15) is 0 Å². The minimum Gasteiger partial charge on any atom is -0.487 e. The Hall–Kier alpha value is -2.28. The second-order valence-corrected chi connectivity index (χ2v) is 8.35. The summed E-state index contributed by atoms with van der Waals surface area (Å²) in [6, 6.07) is 8.37. The molecule has 27 heavy (non-hydrogen) atoms. The van der Waals surface area contributed by atoms with E-state index in [-0.39, 0.29) is 11.6 Å². The zero-order valence-electron chi connectivity index (χ0n) is 16.7. The van der Waals surface area contributed by atoms with E-state index < -0.39 is 0 Å². The van der Waals surface area contributed by atoms with Crippen molar-refractivity contribution in [3.8, 4) is 5.75 Å². The number of para-hydroxylation sites is 1. The topological polar surface area (TPSA) is 61.8 Å². The molecule has 1 aliphatic heterocycles. The molecular weight excluding hydrogens is 358 g/mol. The number of thiazole rings is 1. The molecule has 2 N–H and O–H groups in total. The summed E-state index contributed by atoms with van der Waals surface area (Å²) in [6.45, 7) is 7.68. The molecule has 0 aliphatic carbocycles. The molecule has 7 heteroatoms. The summed E-state index contributed by atoms with van der Waals surface area (Å²) in [6.07, 6.45) is 0.871. The van der Waals surface area contributed by atoms with Crippen molar-refractivity contribution in [3.05, 3.63) is 40.9 Å². The quantitative estimate of drug-likeness (QED) is 0.607. The van der Waals surface area contributed by atoms with E-state index in [0.29, 0.717) is 6.54 Å². The van der Waals surface area contributed by atoms with Crippen LogP contribution < -0.4 is 20.3 Å². The van der Waals surface area contributed by atoms with Crippen LogP contribution in [0.1, 0.15) is 44.5 Å². The van der Waals surface area contributed by atoms with Gasteiger partial charge in [0.2, 0.25) is 0 Å². The van der Waals surface area contributed by atoms with Gasteiger partial charge in [-0.15, -0.1) is 11.3 Å². The van der Waals surface area contributed by atoms with Crippen LogP contribution in [-0.4, -0.2) is 37.2 Å². The average molecular weight is 388 g/mol. The number of hydrogen-bond acceptors (Lipinski definition) is 5. The molecule has 146 valence electrons. The second-order valence-electron chi connectivity index (χ2n) is 7.51. The number of benzene rings is 1. The van der Waals surface area contributed by atoms with E-state index >= 15 is 0 Å². The normalized spacial score (nSPS) is 18.4. The molecule has 1 aromatic heterocycles. The number of hydrogen-bond donors (Lipinski definition) is 2. The van der Waals surface area contributed by atoms with Crippen LogP contribution in [-0.2, 0) is 6.54 Å². The highest BCUT2D eigenvalue weighted by Gasteiger charge is 2.33. The first-order chi connectivity index (χ1) is 12.9. The van der Waals surface area contributed by atoms with Crippen molar-refractivity contribution in [3.63, 3.8) is 0 Å². The van der Waals surface area contributed by atoms with Crippen LogP contribution >= 0.6 is 11.3 Å². The van der Waals surface area contributed by atoms with Crippen molar-refractivity contribution >= 4 is 22.4 Å². The molecule has 1 aromatic carbocycles. The van der Waals surface area contributed by atoms with Gasteiger partial charge in [-0.3, -0.25) is 0 Å².